The standard InChI is InChI=1S/C19H24ClN3O3/c1-12(14-6-5-7-15(20)10-14)23-19(21-2)22-11-13-8-16(25-3)18(24)17(9-13)26-4/h5-10,12,24H,11H2,1-4H3,(H2,21,22,23). The van der Waals surface area contributed by atoms with Crippen LogP contribution in [-0.4, -0.2) is 32.3 Å². The van der Waals surface area contributed by atoms with E-state index < -0.39 is 0 Å². The molecule has 2 aromatic rings. The fourth-order valence-electron chi connectivity index (χ4n) is 2.49. The smallest absolute Gasteiger partial charge is 0.200 e. The molecule has 1 unspecified atom stereocenters. The number of phenols is 1. The molecule has 0 radical (unpaired) electrons. The Labute approximate surface area is 158 Å². The predicted octanol–water partition coefficient (Wildman–Crippen LogP) is 3.49. The van der Waals surface area contributed by atoms with E-state index in [2.05, 4.69) is 15.6 Å². The van der Waals surface area contributed by atoms with Crippen LogP contribution in [0.2, 0.25) is 5.02 Å². The number of halogens is 1. The maximum absolute atomic E-state index is 9.99. The van der Waals surface area contributed by atoms with Crippen LogP contribution in [0.1, 0.15) is 24.1 Å². The van der Waals surface area contributed by atoms with Crippen molar-refractivity contribution in [3.05, 3.63) is 52.5 Å². The topological polar surface area (TPSA) is 75.1 Å². The minimum atomic E-state index is -0.0177. The largest absolute Gasteiger partial charge is 0.502 e. The van der Waals surface area contributed by atoms with Gasteiger partial charge in [-0.15, -0.1) is 0 Å². The average molecular weight is 378 g/mol. The molecule has 0 aliphatic heterocycles. The molecule has 1 atom stereocenters. The molecular weight excluding hydrogens is 354 g/mol. The fraction of sp³-hybridized carbons (Fsp3) is 0.316. The lowest BCUT2D eigenvalue weighted by molar-refractivity contribution is 0.339. The number of nitrogens with zero attached hydrogens (tertiary/aromatic N) is 1. The van der Waals surface area contributed by atoms with Gasteiger partial charge in [-0.1, -0.05) is 23.7 Å². The number of hydrogen-bond donors (Lipinski definition) is 3. The molecule has 3 N–H and O–H groups in total. The lowest BCUT2D eigenvalue weighted by atomic mass is 10.1. The van der Waals surface area contributed by atoms with Crippen molar-refractivity contribution in [3.63, 3.8) is 0 Å². The number of rotatable bonds is 6. The number of ether oxygens (including phenoxy) is 2. The minimum absolute atomic E-state index is 0.0177. The molecule has 0 spiro atoms. The molecule has 0 bridgehead atoms. The van der Waals surface area contributed by atoms with Crippen molar-refractivity contribution >= 4 is 17.6 Å². The Hall–Kier alpha value is -2.60. The first-order chi connectivity index (χ1) is 12.5. The van der Waals surface area contributed by atoms with Gasteiger partial charge in [-0.25, -0.2) is 0 Å². The minimum Gasteiger partial charge on any atom is -0.502 e. The van der Waals surface area contributed by atoms with Crippen LogP contribution in [-0.2, 0) is 6.54 Å². The molecule has 6 nitrogen and oxygen atoms in total. The number of phenolic OH excluding ortho intramolecular Hbond substituents is 1. The van der Waals surface area contributed by atoms with E-state index in [1.807, 2.05) is 31.2 Å². The highest BCUT2D eigenvalue weighted by molar-refractivity contribution is 6.30. The number of guanidine groups is 1. The van der Waals surface area contributed by atoms with Crippen molar-refractivity contribution in [2.45, 2.75) is 19.5 Å². The maximum atomic E-state index is 9.99. The summed E-state index contributed by atoms with van der Waals surface area (Å²) >= 11 is 6.05. The highest BCUT2D eigenvalue weighted by Gasteiger charge is 2.12. The van der Waals surface area contributed by atoms with Gasteiger partial charge in [-0.2, -0.15) is 0 Å². The Morgan fingerprint density at radius 3 is 2.38 bits per heavy atom. The van der Waals surface area contributed by atoms with Crippen molar-refractivity contribution in [2.75, 3.05) is 21.3 Å². The van der Waals surface area contributed by atoms with Gasteiger partial charge in [0.25, 0.3) is 0 Å². The zero-order chi connectivity index (χ0) is 19.1. The van der Waals surface area contributed by atoms with Gasteiger partial charge in [-0.3, -0.25) is 4.99 Å². The van der Waals surface area contributed by atoms with Crippen LogP contribution in [0.5, 0.6) is 17.2 Å². The normalized spacial score (nSPS) is 12.4. The summed E-state index contributed by atoms with van der Waals surface area (Å²) in [5, 5.41) is 17.2. The Balaban J connectivity index is 2.05. The zero-order valence-corrected chi connectivity index (χ0v) is 16.1. The summed E-state index contributed by atoms with van der Waals surface area (Å²) in [5.41, 5.74) is 1.95. The third-order valence-electron chi connectivity index (χ3n) is 3.93. The summed E-state index contributed by atoms with van der Waals surface area (Å²) in [6.45, 7) is 2.51. The average Bonchev–Trinajstić information content (AvgIpc) is 2.65. The lowest BCUT2D eigenvalue weighted by Crippen LogP contribution is -2.38. The monoisotopic (exact) mass is 377 g/mol. The quantitative estimate of drug-likeness (QED) is 0.530. The van der Waals surface area contributed by atoms with E-state index in [0.29, 0.717) is 29.0 Å². The maximum Gasteiger partial charge on any atom is 0.200 e. The van der Waals surface area contributed by atoms with Crippen molar-refractivity contribution in [3.8, 4) is 17.2 Å². The van der Waals surface area contributed by atoms with E-state index in [4.69, 9.17) is 21.1 Å². The van der Waals surface area contributed by atoms with Crippen LogP contribution in [0.4, 0.5) is 0 Å². The molecule has 0 heterocycles. The zero-order valence-electron chi connectivity index (χ0n) is 15.3. The Bertz CT molecular complexity index is 755. The second-order valence-corrected chi connectivity index (χ2v) is 6.13. The molecule has 0 aliphatic carbocycles. The molecule has 0 saturated carbocycles. The van der Waals surface area contributed by atoms with Crippen LogP contribution in [0.15, 0.2) is 41.4 Å². The summed E-state index contributed by atoms with van der Waals surface area (Å²) in [6.07, 6.45) is 0. The summed E-state index contributed by atoms with van der Waals surface area (Å²) in [5.74, 6) is 1.34. The second kappa shape index (κ2) is 9.20. The predicted molar refractivity (Wildman–Crippen MR) is 104 cm³/mol. The first-order valence-corrected chi connectivity index (χ1v) is 8.52. The van der Waals surface area contributed by atoms with Gasteiger partial charge in [-0.05, 0) is 42.3 Å². The first kappa shape index (κ1) is 19.7. The highest BCUT2D eigenvalue weighted by atomic mass is 35.5. The first-order valence-electron chi connectivity index (χ1n) is 8.15. The van der Waals surface area contributed by atoms with Crippen LogP contribution in [0, 0.1) is 0 Å². The Morgan fingerprint density at radius 1 is 1.19 bits per heavy atom. The summed E-state index contributed by atoms with van der Waals surface area (Å²) in [7, 11) is 4.70. The van der Waals surface area contributed by atoms with Gasteiger partial charge >= 0.3 is 0 Å². The number of hydrogen-bond acceptors (Lipinski definition) is 4. The Morgan fingerprint density at radius 2 is 1.85 bits per heavy atom. The molecule has 7 heteroatoms. The van der Waals surface area contributed by atoms with Gasteiger partial charge in [0.15, 0.2) is 17.5 Å². The van der Waals surface area contributed by atoms with Gasteiger partial charge in [0.05, 0.1) is 20.3 Å². The SMILES string of the molecule is CN=C(NCc1cc(OC)c(O)c(OC)c1)NC(C)c1cccc(Cl)c1. The number of aliphatic imine (C=N–C) groups is 1. The highest BCUT2D eigenvalue weighted by Crippen LogP contribution is 2.37. The van der Waals surface area contributed by atoms with Gasteiger partial charge < -0.3 is 25.2 Å². The molecule has 2 aromatic carbocycles. The van der Waals surface area contributed by atoms with E-state index in [1.165, 1.54) is 14.2 Å². The van der Waals surface area contributed by atoms with E-state index in [-0.39, 0.29) is 11.8 Å². The molecule has 0 saturated heterocycles. The molecular formula is C19H24ClN3O3. The van der Waals surface area contributed by atoms with Crippen LogP contribution < -0.4 is 20.1 Å². The second-order valence-electron chi connectivity index (χ2n) is 5.70. The van der Waals surface area contributed by atoms with Crippen molar-refractivity contribution in [1.82, 2.24) is 10.6 Å². The number of nitrogens with one attached hydrogen (secondary N) is 2. The van der Waals surface area contributed by atoms with Crippen molar-refractivity contribution < 1.29 is 14.6 Å². The van der Waals surface area contributed by atoms with Crippen molar-refractivity contribution in [1.29, 1.82) is 0 Å². The van der Waals surface area contributed by atoms with Gasteiger partial charge in [0.1, 0.15) is 0 Å². The van der Waals surface area contributed by atoms with Crippen LogP contribution in [0.25, 0.3) is 0 Å². The summed E-state index contributed by atoms with van der Waals surface area (Å²) in [6, 6.07) is 11.2. The number of methoxy groups -OCH3 is 2. The third kappa shape index (κ3) is 4.95. The molecule has 140 valence electrons. The van der Waals surface area contributed by atoms with Crippen LogP contribution >= 0.6 is 11.6 Å². The fourth-order valence-corrected chi connectivity index (χ4v) is 2.69. The molecule has 0 aromatic heterocycles. The van der Waals surface area contributed by atoms with Gasteiger partial charge in [0, 0.05) is 18.6 Å². The molecule has 0 amide bonds. The summed E-state index contributed by atoms with van der Waals surface area (Å²) < 4.78 is 10.4. The van der Waals surface area contributed by atoms with Crippen molar-refractivity contribution in [2.24, 2.45) is 4.99 Å². The van der Waals surface area contributed by atoms with E-state index in [0.717, 1.165) is 11.1 Å². The van der Waals surface area contributed by atoms with Crippen LogP contribution in [0.3, 0.4) is 0 Å². The molecule has 2 rings (SSSR count). The molecule has 26 heavy (non-hydrogen) atoms. The van der Waals surface area contributed by atoms with E-state index in [9.17, 15) is 5.11 Å². The van der Waals surface area contributed by atoms with E-state index in [1.54, 1.807) is 19.2 Å². The molecule has 0 aliphatic rings. The van der Waals surface area contributed by atoms with E-state index >= 15 is 0 Å². The number of aromatic hydroxyl groups is 1. The summed E-state index contributed by atoms with van der Waals surface area (Å²) in [4.78, 5) is 4.24. The lowest BCUT2D eigenvalue weighted by Gasteiger charge is -2.19. The molecule has 0 fully saturated rings. The Kier molecular flexibility index (Phi) is 6.97. The number of benzene rings is 2. The van der Waals surface area contributed by atoms with Gasteiger partial charge in [0.2, 0.25) is 5.75 Å². The third-order valence-corrected chi connectivity index (χ3v) is 4.16.